The lowest BCUT2D eigenvalue weighted by Crippen LogP contribution is -2.69. The molecule has 4 N–H and O–H groups in total. The average molecular weight is 526 g/mol. The van der Waals surface area contributed by atoms with E-state index in [9.17, 15) is 39.6 Å². The number of aliphatic hydroxyl groups excluding tert-OH is 2. The van der Waals surface area contributed by atoms with E-state index < -0.39 is 74.2 Å². The van der Waals surface area contributed by atoms with Crippen molar-refractivity contribution in [3.63, 3.8) is 0 Å². The highest BCUT2D eigenvalue weighted by Gasteiger charge is 2.72. The minimum atomic E-state index is -2.67. The molecule has 1 saturated carbocycles. The van der Waals surface area contributed by atoms with Gasteiger partial charge in [-0.2, -0.15) is 0 Å². The van der Waals surface area contributed by atoms with Crippen LogP contribution < -0.4 is 4.90 Å². The Balaban J connectivity index is 2.13. The number of phenols is 1. The largest absolute Gasteiger partial charge is 0.508 e. The molecule has 0 saturated heterocycles. The summed E-state index contributed by atoms with van der Waals surface area (Å²) in [6.07, 6.45) is 0.147. The molecule has 4 atom stereocenters. The highest BCUT2D eigenvalue weighted by atomic mass is 16.3. The molecule has 1 aromatic carbocycles. The molecule has 9 heteroatoms. The van der Waals surface area contributed by atoms with Crippen molar-refractivity contribution in [2.75, 3.05) is 19.0 Å². The van der Waals surface area contributed by atoms with Crippen molar-refractivity contribution in [1.29, 1.82) is 0 Å². The maximum absolute atomic E-state index is 14.3. The number of phenolic OH excluding ortho intramolecular Hbond substituents is 1. The molecule has 0 bridgehead atoms. The Labute approximate surface area is 221 Å². The third kappa shape index (κ3) is 3.20. The van der Waals surface area contributed by atoms with Crippen LogP contribution in [0.4, 0.5) is 5.69 Å². The van der Waals surface area contributed by atoms with Gasteiger partial charge in [0.25, 0.3) is 0 Å². The SMILES string of the molecule is CC(=O)C1=C(O)[C@]2(O)C(=O)C3=C(O)c4c(O)c(C(C)=O)cc(N(C)C)c4C[C@]3(C)C[C@]2(C)C(C(C)C)C1=O. The van der Waals surface area contributed by atoms with E-state index in [1.54, 1.807) is 46.7 Å². The Morgan fingerprint density at radius 1 is 1.05 bits per heavy atom. The van der Waals surface area contributed by atoms with Gasteiger partial charge in [-0.25, -0.2) is 0 Å². The van der Waals surface area contributed by atoms with Gasteiger partial charge in [0.05, 0.1) is 11.1 Å². The van der Waals surface area contributed by atoms with Gasteiger partial charge in [0.15, 0.2) is 23.0 Å². The molecule has 3 aliphatic carbocycles. The van der Waals surface area contributed by atoms with Gasteiger partial charge in [-0.05, 0) is 44.2 Å². The molecular formula is C29H35NO8. The maximum atomic E-state index is 14.3. The zero-order valence-corrected chi connectivity index (χ0v) is 23.0. The van der Waals surface area contributed by atoms with Crippen molar-refractivity contribution in [2.45, 2.75) is 60.0 Å². The third-order valence-corrected chi connectivity index (χ3v) is 8.84. The van der Waals surface area contributed by atoms with Crippen LogP contribution in [0.5, 0.6) is 5.75 Å². The van der Waals surface area contributed by atoms with Crippen LogP contribution in [0.15, 0.2) is 23.0 Å². The Kier molecular flexibility index (Phi) is 6.00. The van der Waals surface area contributed by atoms with Crippen LogP contribution in [-0.4, -0.2) is 63.3 Å². The van der Waals surface area contributed by atoms with Gasteiger partial charge >= 0.3 is 0 Å². The molecule has 0 amide bonds. The first-order valence-corrected chi connectivity index (χ1v) is 12.6. The highest BCUT2D eigenvalue weighted by Crippen LogP contribution is 2.65. The van der Waals surface area contributed by atoms with Gasteiger partial charge in [-0.3, -0.25) is 19.2 Å². The summed E-state index contributed by atoms with van der Waals surface area (Å²) in [7, 11) is 3.50. The second-order valence-electron chi connectivity index (χ2n) is 12.1. The minimum absolute atomic E-state index is 0.00694. The summed E-state index contributed by atoms with van der Waals surface area (Å²) in [5.74, 6) is -6.36. The Morgan fingerprint density at radius 2 is 1.63 bits per heavy atom. The summed E-state index contributed by atoms with van der Waals surface area (Å²) in [6, 6.07) is 1.54. The van der Waals surface area contributed by atoms with Gasteiger partial charge in [0.1, 0.15) is 22.8 Å². The summed E-state index contributed by atoms with van der Waals surface area (Å²) in [5.41, 5.74) is -5.21. The fourth-order valence-corrected chi connectivity index (χ4v) is 7.43. The minimum Gasteiger partial charge on any atom is -0.508 e. The van der Waals surface area contributed by atoms with Crippen LogP contribution in [-0.2, 0) is 20.8 Å². The fourth-order valence-electron chi connectivity index (χ4n) is 7.43. The zero-order valence-electron chi connectivity index (χ0n) is 23.0. The normalized spacial score (nSPS) is 30.7. The Bertz CT molecular complexity index is 1400. The predicted molar refractivity (Wildman–Crippen MR) is 140 cm³/mol. The lowest BCUT2D eigenvalue weighted by Gasteiger charge is -2.59. The second-order valence-corrected chi connectivity index (χ2v) is 12.1. The predicted octanol–water partition coefficient (Wildman–Crippen LogP) is 3.46. The van der Waals surface area contributed by atoms with Crippen molar-refractivity contribution in [3.8, 4) is 5.75 Å². The third-order valence-electron chi connectivity index (χ3n) is 8.84. The lowest BCUT2D eigenvalue weighted by atomic mass is 9.43. The number of aromatic hydroxyl groups is 1. The Hall–Kier alpha value is -3.46. The number of aliphatic hydroxyl groups is 3. The Morgan fingerprint density at radius 3 is 2.11 bits per heavy atom. The van der Waals surface area contributed by atoms with Crippen LogP contribution in [0.25, 0.3) is 5.76 Å². The molecule has 1 fully saturated rings. The number of fused-ring (bicyclic) bond motifs is 3. The quantitative estimate of drug-likeness (QED) is 0.342. The average Bonchev–Trinajstić information content (AvgIpc) is 2.75. The first-order chi connectivity index (χ1) is 17.4. The van der Waals surface area contributed by atoms with Crippen LogP contribution in [0, 0.1) is 22.7 Å². The first-order valence-electron chi connectivity index (χ1n) is 12.6. The van der Waals surface area contributed by atoms with Crippen molar-refractivity contribution < 1.29 is 39.6 Å². The van der Waals surface area contributed by atoms with Crippen molar-refractivity contribution in [2.24, 2.45) is 22.7 Å². The molecule has 0 aliphatic heterocycles. The highest BCUT2D eigenvalue weighted by molar-refractivity contribution is 6.24. The number of nitrogens with zero attached hydrogens (tertiary/aromatic N) is 1. The van der Waals surface area contributed by atoms with E-state index in [1.807, 2.05) is 0 Å². The molecule has 0 radical (unpaired) electrons. The zero-order chi connectivity index (χ0) is 28.9. The second kappa shape index (κ2) is 8.27. The number of hydrogen-bond donors (Lipinski definition) is 4. The molecule has 1 unspecified atom stereocenters. The van der Waals surface area contributed by atoms with E-state index >= 15 is 0 Å². The van der Waals surface area contributed by atoms with E-state index in [1.165, 1.54) is 13.0 Å². The lowest BCUT2D eigenvalue weighted by molar-refractivity contribution is -0.178. The summed E-state index contributed by atoms with van der Waals surface area (Å²) in [5, 5.41) is 45.9. The van der Waals surface area contributed by atoms with Crippen LogP contribution in [0.2, 0.25) is 0 Å². The van der Waals surface area contributed by atoms with E-state index in [0.717, 1.165) is 6.92 Å². The first kappa shape index (κ1) is 27.6. The summed E-state index contributed by atoms with van der Waals surface area (Å²) >= 11 is 0. The van der Waals surface area contributed by atoms with Crippen molar-refractivity contribution in [3.05, 3.63) is 39.7 Å². The molecule has 3 aliphatic rings. The molecule has 4 rings (SSSR count). The van der Waals surface area contributed by atoms with Gasteiger partial charge < -0.3 is 25.3 Å². The van der Waals surface area contributed by atoms with Gasteiger partial charge in [-0.15, -0.1) is 0 Å². The van der Waals surface area contributed by atoms with Crippen LogP contribution in [0.1, 0.15) is 69.4 Å². The van der Waals surface area contributed by atoms with E-state index in [-0.39, 0.29) is 29.5 Å². The monoisotopic (exact) mass is 525 g/mol. The molecule has 204 valence electrons. The standard InChI is InChI=1S/C29H35NO8/c1-12(2)20-23(34)18(14(4)32)25(36)29(38)26(37)21-24(35)19-16(10-27(21,5)11-28(20,29)6)17(30(7)8)9-15(13(3)31)22(19)33/h9,12,20,33,35-36,38H,10-11H2,1-8H3/t20?,27-,28-,29+/m1/s1. The van der Waals surface area contributed by atoms with E-state index in [2.05, 4.69) is 0 Å². The molecule has 9 nitrogen and oxygen atoms in total. The fraction of sp³-hybridized carbons (Fsp3) is 0.517. The van der Waals surface area contributed by atoms with Gasteiger partial charge in [-0.1, -0.05) is 27.7 Å². The number of anilines is 1. The number of allylic oxidation sites excluding steroid dienone is 1. The van der Waals surface area contributed by atoms with Crippen molar-refractivity contribution in [1.82, 2.24) is 0 Å². The molecular weight excluding hydrogens is 490 g/mol. The number of hydrogen-bond acceptors (Lipinski definition) is 9. The topological polar surface area (TPSA) is 152 Å². The molecule has 0 spiro atoms. The van der Waals surface area contributed by atoms with Gasteiger partial charge in [0.2, 0.25) is 5.78 Å². The van der Waals surface area contributed by atoms with E-state index in [4.69, 9.17) is 0 Å². The van der Waals surface area contributed by atoms with Crippen molar-refractivity contribution >= 4 is 34.6 Å². The van der Waals surface area contributed by atoms with Gasteiger partial charge in [0, 0.05) is 42.1 Å². The van der Waals surface area contributed by atoms with Crippen LogP contribution >= 0.6 is 0 Å². The summed E-state index contributed by atoms with van der Waals surface area (Å²) in [6.45, 7) is 9.18. The number of Topliss-reactive ketones (excluding diaryl/α,β-unsaturated/α-hetero) is 4. The number of rotatable bonds is 4. The number of carbonyl (C=O) groups excluding carboxylic acids is 4. The summed E-state index contributed by atoms with van der Waals surface area (Å²) < 4.78 is 0. The smallest absolute Gasteiger partial charge is 0.203 e. The van der Waals surface area contributed by atoms with E-state index in [0.29, 0.717) is 11.3 Å². The number of carbonyl (C=O) groups is 4. The molecule has 38 heavy (non-hydrogen) atoms. The van der Waals surface area contributed by atoms with Crippen LogP contribution in [0.3, 0.4) is 0 Å². The maximum Gasteiger partial charge on any atom is 0.203 e. The molecule has 0 heterocycles. The molecule has 1 aromatic rings. The number of benzene rings is 1. The summed E-state index contributed by atoms with van der Waals surface area (Å²) in [4.78, 5) is 54.4. The molecule has 0 aromatic heterocycles. The number of ketones is 4.